The average molecular weight is 215 g/mol. The molecule has 13 heavy (non-hydrogen) atoms. The van der Waals surface area contributed by atoms with E-state index in [1.165, 1.54) is 0 Å². The standard InChI is InChI=1S/C11H12Cl2/c1-8(2)7-11(13)9-3-5-10(12)6-4-9/h3-6,11H,1,7H2,2H3. The lowest BCUT2D eigenvalue weighted by Gasteiger charge is -2.09. The monoisotopic (exact) mass is 214 g/mol. The Morgan fingerprint density at radius 3 is 2.38 bits per heavy atom. The van der Waals surface area contributed by atoms with Crippen LogP contribution in [0.4, 0.5) is 0 Å². The van der Waals surface area contributed by atoms with Gasteiger partial charge in [-0.3, -0.25) is 0 Å². The molecule has 70 valence electrons. The fourth-order valence-electron chi connectivity index (χ4n) is 1.10. The number of benzene rings is 1. The Labute approximate surface area is 89.2 Å². The molecule has 0 saturated carbocycles. The largest absolute Gasteiger partial charge is 0.117 e. The number of allylic oxidation sites excluding steroid dienone is 1. The van der Waals surface area contributed by atoms with Crippen LogP contribution in [0.2, 0.25) is 5.02 Å². The molecule has 0 heterocycles. The van der Waals surface area contributed by atoms with Crippen LogP contribution in [0.3, 0.4) is 0 Å². The van der Waals surface area contributed by atoms with E-state index in [1.54, 1.807) is 0 Å². The zero-order valence-corrected chi connectivity index (χ0v) is 9.07. The van der Waals surface area contributed by atoms with Crippen molar-refractivity contribution in [2.75, 3.05) is 0 Å². The lowest BCUT2D eigenvalue weighted by atomic mass is 10.1. The molecule has 0 amide bonds. The number of hydrogen-bond donors (Lipinski definition) is 0. The van der Waals surface area contributed by atoms with Gasteiger partial charge in [0.25, 0.3) is 0 Å². The molecule has 0 bridgehead atoms. The first-order valence-electron chi connectivity index (χ1n) is 4.13. The molecule has 0 nitrogen and oxygen atoms in total. The summed E-state index contributed by atoms with van der Waals surface area (Å²) in [5.41, 5.74) is 2.18. The molecular formula is C11H12Cl2. The van der Waals surface area contributed by atoms with Gasteiger partial charge in [-0.1, -0.05) is 29.3 Å². The fraction of sp³-hybridized carbons (Fsp3) is 0.273. The van der Waals surface area contributed by atoms with Gasteiger partial charge in [-0.15, -0.1) is 18.2 Å². The van der Waals surface area contributed by atoms with Crippen LogP contribution in [0, 0.1) is 0 Å². The van der Waals surface area contributed by atoms with Crippen LogP contribution in [0.15, 0.2) is 36.4 Å². The summed E-state index contributed by atoms with van der Waals surface area (Å²) in [5.74, 6) is 0. The molecule has 0 spiro atoms. The van der Waals surface area contributed by atoms with E-state index in [0.29, 0.717) is 0 Å². The minimum Gasteiger partial charge on any atom is -0.117 e. The molecule has 1 rings (SSSR count). The highest BCUT2D eigenvalue weighted by atomic mass is 35.5. The van der Waals surface area contributed by atoms with Gasteiger partial charge < -0.3 is 0 Å². The first-order valence-corrected chi connectivity index (χ1v) is 4.95. The second kappa shape index (κ2) is 4.69. The fourth-order valence-corrected chi connectivity index (χ4v) is 1.63. The highest BCUT2D eigenvalue weighted by molar-refractivity contribution is 6.30. The maximum absolute atomic E-state index is 6.15. The molecule has 0 radical (unpaired) electrons. The van der Waals surface area contributed by atoms with Crippen molar-refractivity contribution in [2.24, 2.45) is 0 Å². The summed E-state index contributed by atoms with van der Waals surface area (Å²) in [4.78, 5) is 0. The topological polar surface area (TPSA) is 0 Å². The van der Waals surface area contributed by atoms with Crippen molar-refractivity contribution in [1.29, 1.82) is 0 Å². The molecule has 2 heteroatoms. The Bertz CT molecular complexity index is 287. The van der Waals surface area contributed by atoms with Gasteiger partial charge in [0.15, 0.2) is 0 Å². The predicted molar refractivity (Wildman–Crippen MR) is 59.5 cm³/mol. The smallest absolute Gasteiger partial charge is 0.0622 e. The molecule has 0 aliphatic heterocycles. The summed E-state index contributed by atoms with van der Waals surface area (Å²) in [7, 11) is 0. The molecule has 1 atom stereocenters. The van der Waals surface area contributed by atoms with Crippen LogP contribution in [0.1, 0.15) is 24.3 Å². The zero-order chi connectivity index (χ0) is 9.84. The van der Waals surface area contributed by atoms with Gasteiger partial charge in [-0.05, 0) is 31.0 Å². The van der Waals surface area contributed by atoms with Crippen molar-refractivity contribution in [3.8, 4) is 0 Å². The Morgan fingerprint density at radius 2 is 1.92 bits per heavy atom. The molecule has 1 aromatic rings. The van der Waals surface area contributed by atoms with Crippen molar-refractivity contribution in [1.82, 2.24) is 0 Å². The van der Waals surface area contributed by atoms with Crippen molar-refractivity contribution in [3.05, 3.63) is 47.0 Å². The first kappa shape index (κ1) is 10.6. The van der Waals surface area contributed by atoms with Crippen LogP contribution in [-0.4, -0.2) is 0 Å². The van der Waals surface area contributed by atoms with Gasteiger partial charge in [0, 0.05) is 5.02 Å². The van der Waals surface area contributed by atoms with Crippen molar-refractivity contribution >= 4 is 23.2 Å². The van der Waals surface area contributed by atoms with Crippen LogP contribution in [0.25, 0.3) is 0 Å². The van der Waals surface area contributed by atoms with Gasteiger partial charge in [0.2, 0.25) is 0 Å². The molecule has 0 saturated heterocycles. The molecule has 0 aliphatic rings. The summed E-state index contributed by atoms with van der Waals surface area (Å²) in [6.07, 6.45) is 0.809. The highest BCUT2D eigenvalue weighted by Crippen LogP contribution is 2.27. The Kier molecular flexibility index (Phi) is 3.83. The summed E-state index contributed by atoms with van der Waals surface area (Å²) < 4.78 is 0. The molecule has 0 N–H and O–H groups in total. The molecule has 0 aliphatic carbocycles. The van der Waals surface area contributed by atoms with Crippen LogP contribution in [0.5, 0.6) is 0 Å². The maximum atomic E-state index is 6.15. The summed E-state index contributed by atoms with van der Waals surface area (Å²) >= 11 is 11.9. The second-order valence-corrected chi connectivity index (χ2v) is 4.14. The lowest BCUT2D eigenvalue weighted by Crippen LogP contribution is -1.90. The Hall–Kier alpha value is -0.460. The van der Waals surface area contributed by atoms with E-state index in [4.69, 9.17) is 23.2 Å². The van der Waals surface area contributed by atoms with E-state index < -0.39 is 0 Å². The first-order chi connectivity index (χ1) is 6.09. The molecule has 1 aromatic carbocycles. The quantitative estimate of drug-likeness (QED) is 0.511. The third kappa shape index (κ3) is 3.41. The van der Waals surface area contributed by atoms with E-state index in [9.17, 15) is 0 Å². The minimum atomic E-state index is 0.00904. The third-order valence-corrected chi connectivity index (χ3v) is 2.42. The van der Waals surface area contributed by atoms with E-state index in [2.05, 4.69) is 6.58 Å². The van der Waals surface area contributed by atoms with Crippen molar-refractivity contribution < 1.29 is 0 Å². The molecule has 0 fully saturated rings. The summed E-state index contributed by atoms with van der Waals surface area (Å²) in [6, 6.07) is 7.60. The van der Waals surface area contributed by atoms with E-state index in [1.807, 2.05) is 31.2 Å². The maximum Gasteiger partial charge on any atom is 0.0622 e. The van der Waals surface area contributed by atoms with Gasteiger partial charge in [-0.25, -0.2) is 0 Å². The van der Waals surface area contributed by atoms with Crippen molar-refractivity contribution in [2.45, 2.75) is 18.7 Å². The Morgan fingerprint density at radius 1 is 1.38 bits per heavy atom. The molecule has 1 unspecified atom stereocenters. The van der Waals surface area contributed by atoms with Crippen LogP contribution in [-0.2, 0) is 0 Å². The second-order valence-electron chi connectivity index (χ2n) is 3.18. The van der Waals surface area contributed by atoms with Gasteiger partial charge in [0.1, 0.15) is 0 Å². The summed E-state index contributed by atoms with van der Waals surface area (Å²) in [5, 5.41) is 0.748. The average Bonchev–Trinajstić information content (AvgIpc) is 2.04. The van der Waals surface area contributed by atoms with Crippen LogP contribution < -0.4 is 0 Å². The van der Waals surface area contributed by atoms with Gasteiger partial charge in [-0.2, -0.15) is 0 Å². The zero-order valence-electron chi connectivity index (χ0n) is 7.56. The molecular weight excluding hydrogens is 203 g/mol. The normalized spacial score (nSPS) is 12.5. The van der Waals surface area contributed by atoms with Gasteiger partial charge >= 0.3 is 0 Å². The number of hydrogen-bond acceptors (Lipinski definition) is 0. The van der Waals surface area contributed by atoms with Gasteiger partial charge in [0.05, 0.1) is 5.38 Å². The predicted octanol–water partition coefficient (Wildman–Crippen LogP) is 4.59. The van der Waals surface area contributed by atoms with E-state index >= 15 is 0 Å². The summed E-state index contributed by atoms with van der Waals surface area (Å²) in [6.45, 7) is 5.81. The number of halogens is 2. The van der Waals surface area contributed by atoms with Crippen LogP contribution >= 0.6 is 23.2 Å². The van der Waals surface area contributed by atoms with Crippen molar-refractivity contribution in [3.63, 3.8) is 0 Å². The minimum absolute atomic E-state index is 0.00904. The SMILES string of the molecule is C=C(C)CC(Cl)c1ccc(Cl)cc1. The highest BCUT2D eigenvalue weighted by Gasteiger charge is 2.06. The molecule has 0 aromatic heterocycles. The number of rotatable bonds is 3. The Balaban J connectivity index is 2.71. The third-order valence-electron chi connectivity index (χ3n) is 1.76. The van der Waals surface area contributed by atoms with E-state index in [0.717, 1.165) is 22.6 Å². The van der Waals surface area contributed by atoms with E-state index in [-0.39, 0.29) is 5.38 Å². The number of alkyl halides is 1. The lowest BCUT2D eigenvalue weighted by molar-refractivity contribution is 0.908.